The van der Waals surface area contributed by atoms with Crippen LogP contribution in [0.2, 0.25) is 0 Å². The van der Waals surface area contributed by atoms with Gasteiger partial charge in [0.25, 0.3) is 0 Å². The predicted octanol–water partition coefficient (Wildman–Crippen LogP) is 3.40. The molecule has 0 aliphatic carbocycles. The number of carbonyl (C=O) groups is 1. The van der Waals surface area contributed by atoms with Gasteiger partial charge in [0.1, 0.15) is 17.8 Å². The van der Waals surface area contributed by atoms with Gasteiger partial charge in [0, 0.05) is 48.9 Å². The first-order valence-corrected chi connectivity index (χ1v) is 8.99. The third-order valence-electron chi connectivity index (χ3n) is 5.10. The molecule has 0 bridgehead atoms. The molecule has 4 rings (SSSR count). The third kappa shape index (κ3) is 3.45. The number of piperidine rings is 1. The highest BCUT2D eigenvalue weighted by atomic mass is 19.1. The summed E-state index contributed by atoms with van der Waals surface area (Å²) >= 11 is 0. The van der Waals surface area contributed by atoms with Crippen molar-refractivity contribution in [2.75, 3.05) is 13.1 Å². The van der Waals surface area contributed by atoms with Crippen LogP contribution in [0.1, 0.15) is 31.4 Å². The van der Waals surface area contributed by atoms with Crippen LogP contribution >= 0.6 is 0 Å². The fourth-order valence-electron chi connectivity index (χ4n) is 3.65. The summed E-state index contributed by atoms with van der Waals surface area (Å²) in [6.45, 7) is 3.07. The third-order valence-corrected chi connectivity index (χ3v) is 5.10. The second-order valence-electron chi connectivity index (χ2n) is 6.74. The number of aromatic nitrogens is 4. The number of carbonyl (C=O) groups excluding carboxylic acids is 1. The van der Waals surface area contributed by atoms with Crippen molar-refractivity contribution in [2.45, 2.75) is 25.7 Å². The van der Waals surface area contributed by atoms with Gasteiger partial charge in [-0.3, -0.25) is 9.89 Å². The zero-order valence-electron chi connectivity index (χ0n) is 15.0. The van der Waals surface area contributed by atoms with E-state index in [1.807, 2.05) is 11.0 Å². The van der Waals surface area contributed by atoms with Crippen LogP contribution in [0.4, 0.5) is 4.39 Å². The maximum absolute atomic E-state index is 13.3. The normalized spacial score (nSPS) is 15.1. The Kier molecular flexibility index (Phi) is 4.66. The molecule has 1 aliphatic rings. The molecule has 0 unspecified atom stereocenters. The lowest BCUT2D eigenvalue weighted by molar-refractivity contribution is -0.129. The van der Waals surface area contributed by atoms with Gasteiger partial charge in [-0.25, -0.2) is 14.4 Å². The van der Waals surface area contributed by atoms with E-state index in [9.17, 15) is 9.18 Å². The largest absolute Gasteiger partial charge is 0.343 e. The summed E-state index contributed by atoms with van der Waals surface area (Å²) in [7, 11) is 0. The van der Waals surface area contributed by atoms with Crippen LogP contribution in [-0.2, 0) is 4.79 Å². The number of H-pyrrole nitrogens is 1. The van der Waals surface area contributed by atoms with Crippen molar-refractivity contribution in [1.82, 2.24) is 25.1 Å². The van der Waals surface area contributed by atoms with E-state index in [4.69, 9.17) is 0 Å². The molecule has 1 saturated heterocycles. The Balaban J connectivity index is 1.74. The van der Waals surface area contributed by atoms with Crippen LogP contribution in [0.25, 0.3) is 22.5 Å². The summed E-state index contributed by atoms with van der Waals surface area (Å²) in [5.74, 6) is 0.0862. The van der Waals surface area contributed by atoms with E-state index in [-0.39, 0.29) is 17.6 Å². The summed E-state index contributed by atoms with van der Waals surface area (Å²) < 4.78 is 13.3. The number of hydrogen-bond acceptors (Lipinski definition) is 4. The van der Waals surface area contributed by atoms with E-state index in [1.165, 1.54) is 18.5 Å². The topological polar surface area (TPSA) is 74.8 Å². The maximum Gasteiger partial charge on any atom is 0.219 e. The zero-order valence-corrected chi connectivity index (χ0v) is 15.0. The molecule has 1 amide bonds. The number of hydrogen-bond donors (Lipinski definition) is 1. The van der Waals surface area contributed by atoms with Gasteiger partial charge < -0.3 is 4.90 Å². The fraction of sp³-hybridized carbons (Fsp3) is 0.300. The highest BCUT2D eigenvalue weighted by Gasteiger charge is 2.28. The van der Waals surface area contributed by atoms with Crippen LogP contribution in [0.5, 0.6) is 0 Å². The summed E-state index contributed by atoms with van der Waals surface area (Å²) in [4.78, 5) is 21.9. The Hall–Kier alpha value is -3.09. The molecule has 0 spiro atoms. The summed E-state index contributed by atoms with van der Waals surface area (Å²) in [5, 5.41) is 7.73. The van der Waals surface area contributed by atoms with Crippen LogP contribution in [0, 0.1) is 5.82 Å². The van der Waals surface area contributed by atoms with Crippen molar-refractivity contribution in [3.05, 3.63) is 54.4 Å². The molecule has 138 valence electrons. The molecule has 2 aromatic heterocycles. The highest BCUT2D eigenvalue weighted by Crippen LogP contribution is 2.38. The van der Waals surface area contributed by atoms with E-state index in [0.717, 1.165) is 54.1 Å². The first-order chi connectivity index (χ1) is 13.1. The minimum absolute atomic E-state index is 0.112. The lowest BCUT2D eigenvalue weighted by Gasteiger charge is -2.31. The van der Waals surface area contributed by atoms with Gasteiger partial charge in [-0.2, -0.15) is 5.10 Å². The number of likely N-dealkylation sites (tertiary alicyclic amines) is 1. The van der Waals surface area contributed by atoms with Gasteiger partial charge >= 0.3 is 0 Å². The monoisotopic (exact) mass is 365 g/mol. The van der Waals surface area contributed by atoms with Crippen molar-refractivity contribution in [2.24, 2.45) is 0 Å². The lowest BCUT2D eigenvalue weighted by atomic mass is 9.89. The van der Waals surface area contributed by atoms with Crippen molar-refractivity contribution in [3.63, 3.8) is 0 Å². The Morgan fingerprint density at radius 1 is 1.19 bits per heavy atom. The smallest absolute Gasteiger partial charge is 0.219 e. The minimum Gasteiger partial charge on any atom is -0.343 e. The van der Waals surface area contributed by atoms with Gasteiger partial charge in [0.05, 0.1) is 5.69 Å². The Bertz CT molecular complexity index is 931. The van der Waals surface area contributed by atoms with Gasteiger partial charge in [0.15, 0.2) is 0 Å². The van der Waals surface area contributed by atoms with Crippen LogP contribution < -0.4 is 0 Å². The van der Waals surface area contributed by atoms with Crippen molar-refractivity contribution < 1.29 is 9.18 Å². The average molecular weight is 365 g/mol. The lowest BCUT2D eigenvalue weighted by Crippen LogP contribution is -2.36. The van der Waals surface area contributed by atoms with E-state index in [2.05, 4.69) is 20.2 Å². The van der Waals surface area contributed by atoms with E-state index < -0.39 is 0 Å². The number of rotatable bonds is 3. The second kappa shape index (κ2) is 7.26. The minimum atomic E-state index is -0.283. The molecule has 3 aromatic rings. The van der Waals surface area contributed by atoms with E-state index in [1.54, 1.807) is 25.3 Å². The molecule has 7 heteroatoms. The van der Waals surface area contributed by atoms with Crippen molar-refractivity contribution >= 4 is 5.91 Å². The van der Waals surface area contributed by atoms with Crippen LogP contribution in [0.3, 0.4) is 0 Å². The summed E-state index contributed by atoms with van der Waals surface area (Å²) in [6, 6.07) is 8.15. The zero-order chi connectivity index (χ0) is 18.8. The molecule has 1 N–H and O–H groups in total. The van der Waals surface area contributed by atoms with Gasteiger partial charge in [-0.15, -0.1) is 0 Å². The number of nitrogens with one attached hydrogen (secondary N) is 1. The van der Waals surface area contributed by atoms with E-state index >= 15 is 0 Å². The Morgan fingerprint density at radius 2 is 1.93 bits per heavy atom. The predicted molar refractivity (Wildman–Crippen MR) is 99.2 cm³/mol. The first-order valence-electron chi connectivity index (χ1n) is 8.99. The van der Waals surface area contributed by atoms with Gasteiger partial charge in [0.2, 0.25) is 5.91 Å². The molecular weight excluding hydrogens is 345 g/mol. The maximum atomic E-state index is 13.3. The van der Waals surface area contributed by atoms with E-state index in [0.29, 0.717) is 0 Å². The molecule has 0 radical (unpaired) electrons. The molecule has 0 saturated carbocycles. The Labute approximate surface area is 156 Å². The molecule has 1 aromatic carbocycles. The fourth-order valence-corrected chi connectivity index (χ4v) is 3.65. The number of aromatic amines is 1. The molecule has 1 fully saturated rings. The standard InChI is InChI=1S/C20H20FN5O/c1-13(27)26-10-7-15(8-11-26)20-18(17-6-9-22-12-23-17)19(24-25-20)14-2-4-16(21)5-3-14/h2-6,9,12,15H,7-8,10-11H2,1H3,(H,24,25). The van der Waals surface area contributed by atoms with Crippen LogP contribution in [0.15, 0.2) is 42.9 Å². The summed E-state index contributed by atoms with van der Waals surface area (Å²) in [5.41, 5.74) is 4.29. The average Bonchev–Trinajstić information content (AvgIpc) is 3.14. The number of amides is 1. The molecule has 6 nitrogen and oxygen atoms in total. The van der Waals surface area contributed by atoms with Crippen LogP contribution in [-0.4, -0.2) is 44.1 Å². The number of benzene rings is 1. The van der Waals surface area contributed by atoms with Gasteiger partial charge in [-0.05, 0) is 43.2 Å². The molecule has 27 heavy (non-hydrogen) atoms. The van der Waals surface area contributed by atoms with Gasteiger partial charge in [-0.1, -0.05) is 0 Å². The molecule has 0 atom stereocenters. The summed E-state index contributed by atoms with van der Waals surface area (Å²) in [6.07, 6.45) is 4.94. The second-order valence-corrected chi connectivity index (χ2v) is 6.74. The first kappa shape index (κ1) is 17.3. The quantitative estimate of drug-likeness (QED) is 0.772. The SMILES string of the molecule is CC(=O)N1CCC(c2[nH]nc(-c3ccc(F)cc3)c2-c2ccncn2)CC1. The highest BCUT2D eigenvalue weighted by molar-refractivity contribution is 5.81. The number of halogens is 1. The molecular formula is C20H20FN5O. The Morgan fingerprint density at radius 3 is 2.56 bits per heavy atom. The van der Waals surface area contributed by atoms with Crippen molar-refractivity contribution in [1.29, 1.82) is 0 Å². The molecule has 3 heterocycles. The number of nitrogens with zero attached hydrogens (tertiary/aromatic N) is 4. The van der Waals surface area contributed by atoms with Crippen molar-refractivity contribution in [3.8, 4) is 22.5 Å². The molecule has 1 aliphatic heterocycles.